The number of rotatable bonds is 8. The third kappa shape index (κ3) is 5.57. The number of nitrogens with zero attached hydrogens (tertiary/aromatic N) is 1. The molecule has 0 saturated heterocycles. The quantitative estimate of drug-likeness (QED) is 0.488. The predicted octanol–water partition coefficient (Wildman–Crippen LogP) is -0.805. The normalized spacial score (nSPS) is 14.7. The van der Waals surface area contributed by atoms with Crippen LogP contribution in [0.5, 0.6) is 0 Å². The molecule has 2 unspecified atom stereocenters. The van der Waals surface area contributed by atoms with E-state index in [1.807, 2.05) is 30.3 Å². The topological polar surface area (TPSA) is 84.2 Å². The lowest BCUT2D eigenvalue weighted by Gasteiger charge is -2.26. The van der Waals surface area contributed by atoms with Crippen LogP contribution in [0, 0.1) is 0 Å². The SMILES string of the molecule is OCC(O)CN(Cc1ccccc1)CC(O)CO. The van der Waals surface area contributed by atoms with Crippen molar-refractivity contribution in [2.75, 3.05) is 26.3 Å². The van der Waals surface area contributed by atoms with Crippen molar-refractivity contribution in [2.24, 2.45) is 0 Å². The van der Waals surface area contributed by atoms with E-state index in [-0.39, 0.29) is 26.3 Å². The minimum Gasteiger partial charge on any atom is -0.394 e. The molecular weight excluding hydrogens is 234 g/mol. The lowest BCUT2D eigenvalue weighted by Crippen LogP contribution is -2.39. The number of hydrogen-bond acceptors (Lipinski definition) is 5. The molecule has 0 heterocycles. The second-order valence-corrected chi connectivity index (χ2v) is 4.35. The Bertz CT molecular complexity index is 308. The molecule has 2 atom stereocenters. The smallest absolute Gasteiger partial charge is 0.0897 e. The number of hydrogen-bond donors (Lipinski definition) is 4. The van der Waals surface area contributed by atoms with E-state index in [0.717, 1.165) is 5.56 Å². The number of benzene rings is 1. The largest absolute Gasteiger partial charge is 0.394 e. The second-order valence-electron chi connectivity index (χ2n) is 4.35. The van der Waals surface area contributed by atoms with E-state index < -0.39 is 12.2 Å². The van der Waals surface area contributed by atoms with Gasteiger partial charge in [0, 0.05) is 19.6 Å². The summed E-state index contributed by atoms with van der Waals surface area (Å²) in [6, 6.07) is 9.64. The Labute approximate surface area is 107 Å². The predicted molar refractivity (Wildman–Crippen MR) is 67.9 cm³/mol. The molecule has 0 spiro atoms. The molecule has 4 N–H and O–H groups in total. The summed E-state index contributed by atoms with van der Waals surface area (Å²) >= 11 is 0. The van der Waals surface area contributed by atoms with Crippen LogP contribution in [0.3, 0.4) is 0 Å². The molecule has 1 aromatic rings. The average molecular weight is 255 g/mol. The zero-order valence-corrected chi connectivity index (χ0v) is 10.3. The Morgan fingerprint density at radius 1 is 0.889 bits per heavy atom. The van der Waals surface area contributed by atoms with E-state index in [1.165, 1.54) is 0 Å². The summed E-state index contributed by atoms with van der Waals surface area (Å²) in [7, 11) is 0. The Hall–Kier alpha value is -0.980. The standard InChI is InChI=1S/C13H21NO4/c15-9-12(17)7-14(8-13(18)10-16)6-11-4-2-1-3-5-11/h1-5,12-13,15-18H,6-10H2. The molecule has 0 aliphatic carbocycles. The van der Waals surface area contributed by atoms with Gasteiger partial charge in [0.2, 0.25) is 0 Å². The maximum atomic E-state index is 9.46. The van der Waals surface area contributed by atoms with E-state index in [9.17, 15) is 10.2 Å². The molecule has 102 valence electrons. The molecule has 0 aromatic heterocycles. The van der Waals surface area contributed by atoms with Gasteiger partial charge in [0.25, 0.3) is 0 Å². The molecule has 0 saturated carbocycles. The van der Waals surface area contributed by atoms with Gasteiger partial charge in [0.15, 0.2) is 0 Å². The summed E-state index contributed by atoms with van der Waals surface area (Å²) in [6.07, 6.45) is -1.70. The van der Waals surface area contributed by atoms with Crippen LogP contribution in [0.4, 0.5) is 0 Å². The van der Waals surface area contributed by atoms with Crippen molar-refractivity contribution in [1.82, 2.24) is 4.90 Å². The van der Waals surface area contributed by atoms with Crippen LogP contribution in [0.1, 0.15) is 5.56 Å². The highest BCUT2D eigenvalue weighted by Gasteiger charge is 2.15. The van der Waals surface area contributed by atoms with E-state index in [1.54, 1.807) is 4.90 Å². The van der Waals surface area contributed by atoms with Crippen LogP contribution >= 0.6 is 0 Å². The van der Waals surface area contributed by atoms with Crippen LogP contribution in [-0.2, 0) is 6.54 Å². The van der Waals surface area contributed by atoms with E-state index in [2.05, 4.69) is 0 Å². The summed E-state index contributed by atoms with van der Waals surface area (Å²) in [4.78, 5) is 1.80. The molecule has 0 aliphatic heterocycles. The van der Waals surface area contributed by atoms with E-state index >= 15 is 0 Å². The van der Waals surface area contributed by atoms with Crippen molar-refractivity contribution in [3.8, 4) is 0 Å². The maximum absolute atomic E-state index is 9.46. The third-order valence-corrected chi connectivity index (χ3v) is 2.61. The first kappa shape index (κ1) is 15.1. The molecule has 0 amide bonds. The fourth-order valence-corrected chi connectivity index (χ4v) is 1.76. The van der Waals surface area contributed by atoms with Crippen molar-refractivity contribution in [3.63, 3.8) is 0 Å². The Balaban J connectivity index is 2.59. The molecular formula is C13H21NO4. The van der Waals surface area contributed by atoms with Gasteiger partial charge in [-0.2, -0.15) is 0 Å². The van der Waals surface area contributed by atoms with Crippen molar-refractivity contribution >= 4 is 0 Å². The Morgan fingerprint density at radius 2 is 1.39 bits per heavy atom. The molecule has 1 aromatic carbocycles. The van der Waals surface area contributed by atoms with Gasteiger partial charge in [-0.05, 0) is 5.56 Å². The first-order valence-corrected chi connectivity index (χ1v) is 5.99. The minimum absolute atomic E-state index is 0.252. The first-order valence-electron chi connectivity index (χ1n) is 5.99. The number of aliphatic hydroxyl groups is 4. The van der Waals surface area contributed by atoms with Crippen LogP contribution in [-0.4, -0.2) is 63.8 Å². The van der Waals surface area contributed by atoms with E-state index in [0.29, 0.717) is 6.54 Å². The third-order valence-electron chi connectivity index (χ3n) is 2.61. The second kappa shape index (κ2) is 8.18. The molecule has 5 heteroatoms. The average Bonchev–Trinajstić information content (AvgIpc) is 2.39. The van der Waals surface area contributed by atoms with Crippen LogP contribution in [0.15, 0.2) is 30.3 Å². The van der Waals surface area contributed by atoms with Crippen LogP contribution in [0.25, 0.3) is 0 Å². The highest BCUT2D eigenvalue weighted by atomic mass is 16.3. The van der Waals surface area contributed by atoms with Gasteiger partial charge in [-0.25, -0.2) is 0 Å². The minimum atomic E-state index is -0.848. The highest BCUT2D eigenvalue weighted by molar-refractivity contribution is 5.14. The maximum Gasteiger partial charge on any atom is 0.0897 e. The van der Waals surface area contributed by atoms with Crippen molar-refractivity contribution < 1.29 is 20.4 Å². The van der Waals surface area contributed by atoms with Gasteiger partial charge in [-0.3, -0.25) is 4.90 Å². The molecule has 1 rings (SSSR count). The first-order chi connectivity index (χ1) is 8.65. The molecule has 18 heavy (non-hydrogen) atoms. The van der Waals surface area contributed by atoms with Crippen LogP contribution in [0.2, 0.25) is 0 Å². The summed E-state index contributed by atoms with van der Waals surface area (Å²) in [5, 5.41) is 36.6. The van der Waals surface area contributed by atoms with Gasteiger partial charge < -0.3 is 20.4 Å². The van der Waals surface area contributed by atoms with E-state index in [4.69, 9.17) is 10.2 Å². The monoisotopic (exact) mass is 255 g/mol. The van der Waals surface area contributed by atoms with Crippen molar-refractivity contribution in [1.29, 1.82) is 0 Å². The molecule has 0 bridgehead atoms. The fourth-order valence-electron chi connectivity index (χ4n) is 1.76. The van der Waals surface area contributed by atoms with Gasteiger partial charge in [0.05, 0.1) is 25.4 Å². The highest BCUT2D eigenvalue weighted by Crippen LogP contribution is 2.06. The van der Waals surface area contributed by atoms with Crippen molar-refractivity contribution in [3.05, 3.63) is 35.9 Å². The summed E-state index contributed by atoms with van der Waals surface area (Å²) in [5.41, 5.74) is 1.05. The van der Waals surface area contributed by atoms with Crippen molar-refractivity contribution in [2.45, 2.75) is 18.8 Å². The molecule has 5 nitrogen and oxygen atoms in total. The fraction of sp³-hybridized carbons (Fsp3) is 0.538. The Kier molecular flexibility index (Phi) is 6.85. The summed E-state index contributed by atoms with van der Waals surface area (Å²) in [5.74, 6) is 0. The molecule has 0 radical (unpaired) electrons. The lowest BCUT2D eigenvalue weighted by atomic mass is 10.2. The summed E-state index contributed by atoms with van der Waals surface area (Å²) in [6.45, 7) is 0.418. The van der Waals surface area contributed by atoms with Gasteiger partial charge >= 0.3 is 0 Å². The molecule has 0 aliphatic rings. The lowest BCUT2D eigenvalue weighted by molar-refractivity contribution is 0.0204. The zero-order chi connectivity index (χ0) is 13.4. The van der Waals surface area contributed by atoms with Gasteiger partial charge in [0.1, 0.15) is 0 Å². The summed E-state index contributed by atoms with van der Waals surface area (Å²) < 4.78 is 0. The number of aliphatic hydroxyl groups excluding tert-OH is 4. The van der Waals surface area contributed by atoms with Gasteiger partial charge in [-0.1, -0.05) is 30.3 Å². The van der Waals surface area contributed by atoms with Crippen LogP contribution < -0.4 is 0 Å². The molecule has 0 fully saturated rings. The Morgan fingerprint density at radius 3 is 1.83 bits per heavy atom. The van der Waals surface area contributed by atoms with Gasteiger partial charge in [-0.15, -0.1) is 0 Å². The zero-order valence-electron chi connectivity index (χ0n) is 10.3.